The quantitative estimate of drug-likeness (QED) is 0.529. The lowest BCUT2D eigenvalue weighted by Crippen LogP contribution is -2.42. The Labute approximate surface area is 186 Å². The molecule has 0 radical (unpaired) electrons. The van der Waals surface area contributed by atoms with Gasteiger partial charge in [0.25, 0.3) is 5.56 Å². The number of methoxy groups -OCH3 is 1. The van der Waals surface area contributed by atoms with Crippen LogP contribution in [0.2, 0.25) is 0 Å². The average Bonchev–Trinajstić information content (AvgIpc) is 2.80. The maximum absolute atomic E-state index is 14.1. The van der Waals surface area contributed by atoms with Crippen molar-refractivity contribution in [3.8, 4) is 0 Å². The molecule has 1 aromatic heterocycles. The van der Waals surface area contributed by atoms with Crippen LogP contribution in [0.15, 0.2) is 53.3 Å². The Hall–Kier alpha value is -3.26. The van der Waals surface area contributed by atoms with E-state index in [1.54, 1.807) is 40.8 Å². The summed E-state index contributed by atoms with van der Waals surface area (Å²) in [6, 6.07) is 12.2. The highest BCUT2D eigenvalue weighted by atomic mass is 19.1. The van der Waals surface area contributed by atoms with E-state index in [1.807, 2.05) is 26.0 Å². The van der Waals surface area contributed by atoms with Gasteiger partial charge in [-0.3, -0.25) is 9.36 Å². The number of carbonyl (C=O) groups is 1. The number of halogens is 1. The van der Waals surface area contributed by atoms with Gasteiger partial charge < -0.3 is 15.0 Å². The van der Waals surface area contributed by atoms with Crippen LogP contribution in [0.1, 0.15) is 38.6 Å². The third-order valence-electron chi connectivity index (χ3n) is 5.31. The fourth-order valence-electron chi connectivity index (χ4n) is 3.76. The molecule has 32 heavy (non-hydrogen) atoms. The molecule has 1 atom stereocenters. The number of nitrogens with one attached hydrogen (secondary N) is 1. The van der Waals surface area contributed by atoms with Crippen LogP contribution in [0.3, 0.4) is 0 Å². The molecule has 0 aliphatic rings. The molecule has 2 amide bonds. The van der Waals surface area contributed by atoms with Crippen LogP contribution in [-0.4, -0.2) is 40.7 Å². The van der Waals surface area contributed by atoms with Crippen LogP contribution in [0.25, 0.3) is 10.9 Å². The van der Waals surface area contributed by atoms with Crippen molar-refractivity contribution >= 4 is 22.6 Å². The summed E-state index contributed by atoms with van der Waals surface area (Å²) < 4.78 is 21.0. The molecule has 0 saturated heterocycles. The highest BCUT2D eigenvalue weighted by molar-refractivity contribution is 5.89. The molecule has 2 aromatic carbocycles. The minimum absolute atomic E-state index is 0.0900. The van der Waals surface area contributed by atoms with Crippen molar-refractivity contribution in [2.24, 2.45) is 0 Å². The number of fused-ring (bicyclic) bond motifs is 1. The van der Waals surface area contributed by atoms with Gasteiger partial charge in [0.05, 0.1) is 29.2 Å². The maximum Gasteiger partial charge on any atom is 0.322 e. The van der Waals surface area contributed by atoms with E-state index in [0.717, 1.165) is 6.42 Å². The standard InChI is InChI=1S/C24H29FN4O3/c1-4-14-29-22(26-19-12-8-6-10-17(19)23(29)30)21(5-2)28(15-16-32-3)24(31)27-20-13-9-7-11-18(20)25/h6-13,21H,4-5,14-16H2,1-3H3,(H,27,31). The number of anilines is 1. The Morgan fingerprint density at radius 1 is 1.19 bits per heavy atom. The van der Waals surface area contributed by atoms with Gasteiger partial charge in [0.15, 0.2) is 0 Å². The Balaban J connectivity index is 2.08. The average molecular weight is 441 g/mol. The van der Waals surface area contributed by atoms with Crippen LogP contribution in [0.5, 0.6) is 0 Å². The molecule has 0 aliphatic heterocycles. The number of aromatic nitrogens is 2. The summed E-state index contributed by atoms with van der Waals surface area (Å²) in [5.74, 6) is -0.00912. The second-order valence-corrected chi connectivity index (χ2v) is 7.46. The third kappa shape index (κ3) is 4.96. The number of hydrogen-bond acceptors (Lipinski definition) is 4. The molecule has 1 unspecified atom stereocenters. The SMILES string of the molecule is CCCn1c(C(CC)N(CCOC)C(=O)Nc2ccccc2F)nc2ccccc2c1=O. The van der Waals surface area contributed by atoms with Crippen molar-refractivity contribution in [3.63, 3.8) is 0 Å². The third-order valence-corrected chi connectivity index (χ3v) is 5.31. The number of carbonyl (C=O) groups excluding carboxylic acids is 1. The van der Waals surface area contributed by atoms with Crippen molar-refractivity contribution in [2.75, 3.05) is 25.6 Å². The summed E-state index contributed by atoms with van der Waals surface area (Å²) in [6.07, 6.45) is 1.26. The van der Waals surface area contributed by atoms with E-state index < -0.39 is 17.9 Å². The van der Waals surface area contributed by atoms with E-state index in [0.29, 0.717) is 29.7 Å². The fraction of sp³-hybridized carbons (Fsp3) is 0.375. The first-order valence-electron chi connectivity index (χ1n) is 10.8. The van der Waals surface area contributed by atoms with Crippen LogP contribution in [-0.2, 0) is 11.3 Å². The number of para-hydroxylation sites is 2. The number of benzene rings is 2. The zero-order valence-corrected chi connectivity index (χ0v) is 18.7. The molecule has 170 valence electrons. The molecular formula is C24H29FN4O3. The zero-order chi connectivity index (χ0) is 23.1. The number of hydrogen-bond donors (Lipinski definition) is 1. The summed E-state index contributed by atoms with van der Waals surface area (Å²) in [7, 11) is 1.55. The van der Waals surface area contributed by atoms with Crippen LogP contribution >= 0.6 is 0 Å². The molecule has 7 nitrogen and oxygen atoms in total. The van der Waals surface area contributed by atoms with E-state index >= 15 is 0 Å². The van der Waals surface area contributed by atoms with Crippen LogP contribution < -0.4 is 10.9 Å². The van der Waals surface area contributed by atoms with Gasteiger partial charge in [-0.15, -0.1) is 0 Å². The predicted molar refractivity (Wildman–Crippen MR) is 123 cm³/mol. The van der Waals surface area contributed by atoms with E-state index in [2.05, 4.69) is 5.32 Å². The van der Waals surface area contributed by atoms with E-state index in [-0.39, 0.29) is 24.4 Å². The maximum atomic E-state index is 14.1. The van der Waals surface area contributed by atoms with Gasteiger partial charge in [-0.1, -0.05) is 38.1 Å². The summed E-state index contributed by atoms with van der Waals surface area (Å²) in [6.45, 7) is 4.94. The second-order valence-electron chi connectivity index (χ2n) is 7.46. The van der Waals surface area contributed by atoms with Crippen LogP contribution in [0, 0.1) is 5.82 Å². The summed E-state index contributed by atoms with van der Waals surface area (Å²) >= 11 is 0. The summed E-state index contributed by atoms with van der Waals surface area (Å²) in [5, 5.41) is 3.19. The predicted octanol–water partition coefficient (Wildman–Crippen LogP) is 4.58. The molecule has 0 bridgehead atoms. The molecule has 1 N–H and O–H groups in total. The molecule has 3 aromatic rings. The van der Waals surface area contributed by atoms with E-state index in [9.17, 15) is 14.0 Å². The highest BCUT2D eigenvalue weighted by Crippen LogP contribution is 2.25. The largest absolute Gasteiger partial charge is 0.383 e. The Morgan fingerprint density at radius 2 is 1.91 bits per heavy atom. The molecule has 0 fully saturated rings. The first-order chi connectivity index (χ1) is 15.5. The molecule has 0 saturated carbocycles. The lowest BCUT2D eigenvalue weighted by molar-refractivity contribution is 0.130. The number of rotatable bonds is 9. The number of amides is 2. The summed E-state index contributed by atoms with van der Waals surface area (Å²) in [5.41, 5.74) is 0.541. The highest BCUT2D eigenvalue weighted by Gasteiger charge is 2.28. The van der Waals surface area contributed by atoms with Gasteiger partial charge in [0.2, 0.25) is 0 Å². The molecule has 3 rings (SSSR count). The van der Waals surface area contributed by atoms with Crippen molar-refractivity contribution < 1.29 is 13.9 Å². The zero-order valence-electron chi connectivity index (χ0n) is 18.7. The molecule has 0 spiro atoms. The van der Waals surface area contributed by atoms with Gasteiger partial charge in [-0.2, -0.15) is 0 Å². The minimum Gasteiger partial charge on any atom is -0.383 e. The van der Waals surface area contributed by atoms with Crippen LogP contribution in [0.4, 0.5) is 14.9 Å². The van der Waals surface area contributed by atoms with Gasteiger partial charge in [0.1, 0.15) is 11.6 Å². The van der Waals surface area contributed by atoms with Crippen molar-refractivity contribution in [2.45, 2.75) is 39.3 Å². The molecule has 1 heterocycles. The van der Waals surface area contributed by atoms with Gasteiger partial charge in [-0.05, 0) is 37.1 Å². The topological polar surface area (TPSA) is 76.5 Å². The summed E-state index contributed by atoms with van der Waals surface area (Å²) in [4.78, 5) is 32.8. The number of ether oxygens (including phenoxy) is 1. The Bertz CT molecular complexity index is 1130. The Kier molecular flexibility index (Phi) is 7.94. The Morgan fingerprint density at radius 3 is 2.59 bits per heavy atom. The van der Waals surface area contributed by atoms with Crippen molar-refractivity contribution in [1.29, 1.82) is 0 Å². The van der Waals surface area contributed by atoms with Crippen molar-refractivity contribution in [1.82, 2.24) is 14.5 Å². The van der Waals surface area contributed by atoms with Gasteiger partial charge >= 0.3 is 6.03 Å². The molecular weight excluding hydrogens is 411 g/mol. The van der Waals surface area contributed by atoms with E-state index in [1.165, 1.54) is 12.1 Å². The molecule has 0 aliphatic carbocycles. The fourth-order valence-corrected chi connectivity index (χ4v) is 3.76. The monoisotopic (exact) mass is 440 g/mol. The van der Waals surface area contributed by atoms with Gasteiger partial charge in [0, 0.05) is 20.2 Å². The van der Waals surface area contributed by atoms with E-state index in [4.69, 9.17) is 9.72 Å². The first-order valence-corrected chi connectivity index (χ1v) is 10.8. The second kappa shape index (κ2) is 10.9. The smallest absolute Gasteiger partial charge is 0.322 e. The number of nitrogens with zero attached hydrogens (tertiary/aromatic N) is 3. The lowest BCUT2D eigenvalue weighted by atomic mass is 10.1. The number of urea groups is 1. The minimum atomic E-state index is -0.521. The molecule has 8 heteroatoms. The lowest BCUT2D eigenvalue weighted by Gasteiger charge is -2.32. The van der Waals surface area contributed by atoms with Crippen molar-refractivity contribution in [3.05, 3.63) is 70.5 Å². The first kappa shape index (κ1) is 23.4. The van der Waals surface area contributed by atoms with Gasteiger partial charge in [-0.25, -0.2) is 14.2 Å². The normalized spacial score (nSPS) is 12.0.